The molecular weight excluding hydrogens is 646 g/mol. The molecule has 1 amide bonds. The molecule has 232 valence electrons. The van der Waals surface area contributed by atoms with Crippen molar-refractivity contribution in [3.05, 3.63) is 21.1 Å². The van der Waals surface area contributed by atoms with E-state index in [0.29, 0.717) is 13.0 Å². The van der Waals surface area contributed by atoms with Gasteiger partial charge in [0, 0.05) is 43.5 Å². The van der Waals surface area contributed by atoms with Crippen LogP contribution in [0.2, 0.25) is 5.02 Å². The van der Waals surface area contributed by atoms with Crippen molar-refractivity contribution in [3.63, 3.8) is 0 Å². The van der Waals surface area contributed by atoms with Crippen LogP contribution in [0.1, 0.15) is 59.4 Å². The first-order chi connectivity index (χ1) is 19.5. The highest BCUT2D eigenvalue weighted by atomic mass is 79.9. The number of halogens is 6. The number of nitrogens with zero attached hydrogens (tertiary/aromatic N) is 5. The Morgan fingerprint density at radius 2 is 1.88 bits per heavy atom. The first-order valence-electron chi connectivity index (χ1n) is 14.0. The van der Waals surface area contributed by atoms with E-state index >= 15 is 0 Å². The maximum atomic E-state index is 14.3. The van der Waals surface area contributed by atoms with Crippen molar-refractivity contribution in [2.75, 3.05) is 37.7 Å². The van der Waals surface area contributed by atoms with Gasteiger partial charge in [0.05, 0.1) is 26.1 Å². The van der Waals surface area contributed by atoms with Crippen LogP contribution in [0.15, 0.2) is 10.5 Å². The number of rotatable bonds is 4. The smallest absolute Gasteiger partial charge is 0.417 e. The number of carbonyl (C=O) groups is 1. The summed E-state index contributed by atoms with van der Waals surface area (Å²) in [6.07, 6.45) is -4.06. The molecule has 0 N–H and O–H groups in total. The molecule has 4 atom stereocenters. The molecule has 14 heteroatoms. The number of aromatic nitrogens is 2. The summed E-state index contributed by atoms with van der Waals surface area (Å²) in [5.41, 5.74) is -2.00. The van der Waals surface area contributed by atoms with Gasteiger partial charge in [-0.25, -0.2) is 9.18 Å². The van der Waals surface area contributed by atoms with Crippen LogP contribution in [0.4, 0.5) is 28.2 Å². The Balaban J connectivity index is 1.54. The van der Waals surface area contributed by atoms with Crippen LogP contribution in [-0.2, 0) is 10.9 Å². The zero-order chi connectivity index (χ0) is 30.8. The number of benzene rings is 1. The van der Waals surface area contributed by atoms with E-state index in [-0.39, 0.29) is 64.0 Å². The largest absolute Gasteiger partial charge is 0.461 e. The average molecular weight is 681 g/mol. The first kappa shape index (κ1) is 31.3. The third-order valence-electron chi connectivity index (χ3n) is 8.25. The normalized spacial score (nSPS) is 27.1. The van der Waals surface area contributed by atoms with Crippen molar-refractivity contribution in [2.24, 2.45) is 0 Å². The van der Waals surface area contributed by atoms with Crippen molar-refractivity contribution >= 4 is 50.3 Å². The van der Waals surface area contributed by atoms with E-state index in [2.05, 4.69) is 30.8 Å². The number of fused-ring (bicyclic) bond motifs is 2. The van der Waals surface area contributed by atoms with E-state index in [9.17, 15) is 22.4 Å². The zero-order valence-corrected chi connectivity index (χ0v) is 26.5. The molecule has 1 aromatic carbocycles. The fourth-order valence-corrected chi connectivity index (χ4v) is 7.07. The molecule has 42 heavy (non-hydrogen) atoms. The van der Waals surface area contributed by atoms with Gasteiger partial charge in [-0.3, -0.25) is 4.90 Å². The number of hydrogen-bond acceptors (Lipinski definition) is 7. The Bertz CT molecular complexity index is 1380. The second-order valence-electron chi connectivity index (χ2n) is 12.6. The van der Waals surface area contributed by atoms with Crippen LogP contribution in [0.5, 0.6) is 6.01 Å². The Hall–Kier alpha value is -2.12. The molecule has 0 aliphatic carbocycles. The van der Waals surface area contributed by atoms with Crippen LogP contribution in [0, 0.1) is 0 Å². The van der Waals surface area contributed by atoms with E-state index in [0.717, 1.165) is 25.5 Å². The second kappa shape index (κ2) is 11.1. The minimum atomic E-state index is -4.69. The van der Waals surface area contributed by atoms with E-state index < -0.39 is 35.1 Å². The van der Waals surface area contributed by atoms with Crippen molar-refractivity contribution in [2.45, 2.75) is 89.5 Å². The number of hydrogen-bond donors (Lipinski definition) is 0. The monoisotopic (exact) mass is 679 g/mol. The topological polar surface area (TPSA) is 71.0 Å². The van der Waals surface area contributed by atoms with Crippen molar-refractivity contribution in [3.8, 4) is 6.01 Å². The van der Waals surface area contributed by atoms with Gasteiger partial charge in [0.25, 0.3) is 0 Å². The van der Waals surface area contributed by atoms with Gasteiger partial charge in [0.15, 0.2) is 0 Å². The summed E-state index contributed by atoms with van der Waals surface area (Å²) in [4.78, 5) is 27.5. The zero-order valence-electron chi connectivity index (χ0n) is 24.2. The maximum Gasteiger partial charge on any atom is 0.417 e. The van der Waals surface area contributed by atoms with Gasteiger partial charge in [0.1, 0.15) is 24.2 Å². The number of piperazine rings is 1. The standard InChI is InChI=1S/C28H35BrClF4N5O3/c1-15-12-39(25(40)42-26(3,4)5)16(2)11-38(15)23-18-9-19(28(32,33)34)20(29)21(30)22(18)35-24(36-23)41-14-27-7-6-8-37(27)13-17(31)10-27/h9,15-17H,6-8,10-14H2,1-5H3/t15-,16+,17+,27-/m0/s1. The van der Waals surface area contributed by atoms with E-state index in [1.165, 1.54) is 0 Å². The lowest BCUT2D eigenvalue weighted by molar-refractivity contribution is -0.138. The summed E-state index contributed by atoms with van der Waals surface area (Å²) in [6.45, 7) is 10.9. The lowest BCUT2D eigenvalue weighted by Crippen LogP contribution is -2.59. The van der Waals surface area contributed by atoms with Crippen LogP contribution in [0.3, 0.4) is 0 Å². The number of ether oxygens (including phenoxy) is 2. The average Bonchev–Trinajstić information content (AvgIpc) is 3.39. The number of carbonyl (C=O) groups excluding carboxylic acids is 1. The van der Waals surface area contributed by atoms with E-state index in [4.69, 9.17) is 21.1 Å². The highest BCUT2D eigenvalue weighted by Gasteiger charge is 2.49. The molecule has 2 aromatic rings. The van der Waals surface area contributed by atoms with Gasteiger partial charge in [-0.2, -0.15) is 23.1 Å². The van der Waals surface area contributed by atoms with Crippen LogP contribution in [0.25, 0.3) is 10.9 Å². The predicted octanol–water partition coefficient (Wildman–Crippen LogP) is 6.85. The molecule has 3 fully saturated rings. The van der Waals surface area contributed by atoms with Gasteiger partial charge < -0.3 is 19.3 Å². The van der Waals surface area contributed by atoms with Gasteiger partial charge in [-0.05, 0) is 76.0 Å². The van der Waals surface area contributed by atoms with Gasteiger partial charge >= 0.3 is 18.3 Å². The lowest BCUT2D eigenvalue weighted by Gasteiger charge is -2.45. The Morgan fingerprint density at radius 1 is 1.17 bits per heavy atom. The summed E-state index contributed by atoms with van der Waals surface area (Å²) in [5, 5.41) is -0.107. The molecule has 3 saturated heterocycles. The number of alkyl halides is 4. The molecule has 8 nitrogen and oxygen atoms in total. The number of anilines is 1. The Labute approximate surface area is 255 Å². The summed E-state index contributed by atoms with van der Waals surface area (Å²) in [5.74, 6) is 0.216. The molecule has 0 radical (unpaired) electrons. The number of amides is 1. The molecule has 1 aromatic heterocycles. The molecule has 5 rings (SSSR count). The quantitative estimate of drug-likeness (QED) is 0.327. The predicted molar refractivity (Wildman–Crippen MR) is 155 cm³/mol. The van der Waals surface area contributed by atoms with Crippen molar-refractivity contribution < 1.29 is 31.8 Å². The summed E-state index contributed by atoms with van der Waals surface area (Å²) in [7, 11) is 0. The fourth-order valence-electron chi connectivity index (χ4n) is 6.30. The van der Waals surface area contributed by atoms with Gasteiger partial charge in [-0.1, -0.05) is 11.6 Å². The minimum absolute atomic E-state index is 0.0518. The summed E-state index contributed by atoms with van der Waals surface area (Å²) >= 11 is 9.52. The third-order valence-corrected chi connectivity index (χ3v) is 9.67. The van der Waals surface area contributed by atoms with Gasteiger partial charge in [0.2, 0.25) is 0 Å². The molecule has 0 saturated carbocycles. The van der Waals surface area contributed by atoms with Crippen LogP contribution >= 0.6 is 27.5 Å². The summed E-state index contributed by atoms with van der Waals surface area (Å²) < 4.78 is 67.7. The minimum Gasteiger partial charge on any atom is -0.461 e. The van der Waals surface area contributed by atoms with Crippen LogP contribution in [-0.4, -0.2) is 88.0 Å². The molecular formula is C28H35BrClF4N5O3. The van der Waals surface area contributed by atoms with E-state index in [1.54, 1.807) is 25.7 Å². The van der Waals surface area contributed by atoms with Crippen molar-refractivity contribution in [1.82, 2.24) is 19.8 Å². The maximum absolute atomic E-state index is 14.3. The SMILES string of the molecule is C[C@@H]1CN(c2nc(OC[C@@]34CCCN3C[C@H](F)C4)nc3c(Cl)c(Br)c(C(F)(F)F)cc23)[C@@H](C)CN1C(=O)OC(C)(C)C. The fraction of sp³-hybridized carbons (Fsp3) is 0.679. The third kappa shape index (κ3) is 5.97. The van der Waals surface area contributed by atoms with Crippen LogP contribution < -0.4 is 9.64 Å². The highest BCUT2D eigenvalue weighted by molar-refractivity contribution is 9.10. The molecule has 4 heterocycles. The Morgan fingerprint density at radius 3 is 2.55 bits per heavy atom. The van der Waals surface area contributed by atoms with Crippen molar-refractivity contribution in [1.29, 1.82) is 0 Å². The van der Waals surface area contributed by atoms with Gasteiger partial charge in [-0.15, -0.1) is 0 Å². The second-order valence-corrected chi connectivity index (χ2v) is 13.8. The summed E-state index contributed by atoms with van der Waals surface area (Å²) in [6, 6.07) is 0.250. The molecule has 3 aliphatic rings. The molecule has 0 spiro atoms. The Kier molecular flexibility index (Phi) is 8.28. The molecule has 3 aliphatic heterocycles. The van der Waals surface area contributed by atoms with E-state index in [1.807, 2.05) is 18.7 Å². The molecule has 0 bridgehead atoms. The molecule has 0 unspecified atom stereocenters. The highest BCUT2D eigenvalue weighted by Crippen LogP contribution is 2.45. The first-order valence-corrected chi connectivity index (χ1v) is 15.2. The lowest BCUT2D eigenvalue weighted by atomic mass is 9.95.